The van der Waals surface area contributed by atoms with Gasteiger partial charge in [-0.1, -0.05) is 173 Å². The van der Waals surface area contributed by atoms with Crippen molar-refractivity contribution in [3.63, 3.8) is 0 Å². The molecular weight excluding hydrogens is 1210 g/mol. The summed E-state index contributed by atoms with van der Waals surface area (Å²) in [5, 5.41) is 0. The first kappa shape index (κ1) is 125. The van der Waals surface area contributed by atoms with E-state index in [9.17, 15) is 0 Å². The molecule has 0 spiro atoms. The van der Waals surface area contributed by atoms with E-state index in [0.717, 1.165) is 82.1 Å². The molecule has 8 unspecified atom stereocenters. The van der Waals surface area contributed by atoms with Crippen LogP contribution in [0.2, 0.25) is 0 Å². The number of fused-ring (bicyclic) bond motifs is 8. The zero-order valence-electron chi connectivity index (χ0n) is 45.2. The van der Waals surface area contributed by atoms with Crippen molar-refractivity contribution in [1.82, 2.24) is 19.9 Å². The van der Waals surface area contributed by atoms with Gasteiger partial charge in [-0.2, -0.15) is 9.90 Å². The minimum absolute atomic E-state index is 0. The van der Waals surface area contributed by atoms with Gasteiger partial charge in [-0.25, -0.2) is 9.97 Å². The zero-order valence-corrected chi connectivity index (χ0v) is 58.7. The summed E-state index contributed by atoms with van der Waals surface area (Å²) in [5.74, 6) is 0. The molecule has 70 heavy (non-hydrogen) atoms. The molecule has 399 valence electrons. The average Bonchev–Trinajstić information content (AvgIpc) is 4.18. The molecule has 3 aromatic heterocycles. The van der Waals surface area contributed by atoms with E-state index in [0.29, 0.717) is 0 Å². The summed E-state index contributed by atoms with van der Waals surface area (Å²) in [7, 11) is 50.7. The molecule has 0 fully saturated rings. The third kappa shape index (κ3) is 68.3. The summed E-state index contributed by atoms with van der Waals surface area (Å²) in [6.07, 6.45) is 7.57. The van der Waals surface area contributed by atoms with Gasteiger partial charge in [-0.15, -0.1) is 84.6 Å². The van der Waals surface area contributed by atoms with E-state index < -0.39 is 6.39 Å². The van der Waals surface area contributed by atoms with Crippen LogP contribution in [0.5, 0.6) is 0 Å². The van der Waals surface area contributed by atoms with Gasteiger partial charge in [-0.3, -0.25) is 0 Å². The van der Waals surface area contributed by atoms with E-state index in [1.54, 1.807) is 0 Å². The Balaban J connectivity index is -0.0000000344. The van der Waals surface area contributed by atoms with Gasteiger partial charge in [0.15, 0.2) is 0 Å². The summed E-state index contributed by atoms with van der Waals surface area (Å²) in [5.41, 5.74) is 11.9. The van der Waals surface area contributed by atoms with E-state index in [1.807, 2.05) is 111 Å². The minimum Gasteiger partial charge on any atom is -0.657 e. The normalized spacial score (nSPS) is 7.20. The third-order valence-corrected chi connectivity index (χ3v) is 5.63. The topological polar surface area (TPSA) is 54.0 Å². The monoisotopic (exact) mass is 1320 g/mol. The Labute approximate surface area is 493 Å². The number of aryl methyl sites for hydroxylation is 4. The smallest absolute Gasteiger partial charge is 0.0654 e. The van der Waals surface area contributed by atoms with E-state index in [4.69, 9.17) is 19.9 Å². The maximum atomic E-state index is 4.84. The predicted molar refractivity (Wildman–Crippen MR) is 392 cm³/mol. The summed E-state index contributed by atoms with van der Waals surface area (Å²) in [6, 6.07) is 8.23. The molecule has 8 atom stereocenters. The fraction of sp³-hybridized carbons (Fsp3) is 0.533. The van der Waals surface area contributed by atoms with Crippen LogP contribution in [-0.2, 0) is 22.4 Å². The van der Waals surface area contributed by atoms with Crippen molar-refractivity contribution in [3.8, 4) is 0 Å². The molecule has 8 bridgehead atoms. The quantitative estimate of drug-likeness (QED) is 0.0881. The Morgan fingerprint density at radius 3 is 0.700 bits per heavy atom. The van der Waals surface area contributed by atoms with Crippen LogP contribution >= 0.6 is 87.3 Å². The number of rotatable bonds is 0. The molecule has 0 aromatic carbocycles. The first-order valence-corrected chi connectivity index (χ1v) is 34.6. The second-order valence-corrected chi connectivity index (χ2v) is 24.7. The van der Waals surface area contributed by atoms with E-state index in [2.05, 4.69) is 193 Å². The number of aromatic nitrogens is 4. The first-order chi connectivity index (χ1) is 29.8. The zero-order chi connectivity index (χ0) is 52.0. The molecule has 5 heterocycles. The van der Waals surface area contributed by atoms with Crippen molar-refractivity contribution in [2.45, 2.75) is 168 Å². The SMILES string of the molecule is C.C.C.C.CC.CC.CC.CC.CC.CC.CC.CC.Cc1c2nc(c(C)c3ccc([n-]3)c(C)c3nc(c(C)c4ccc1[n-]4)C=C3)C=C2.P.PP.PP(P)P.PPP.[Au].[B].[B]B([B])[B].[B][B].[B][B][B].[CH3-]. The molecule has 25 heteroatoms. The molecule has 2 aliphatic heterocycles. The van der Waals surface area contributed by atoms with Crippen LogP contribution in [-0.4, -0.2) is 86.0 Å². The van der Waals surface area contributed by atoms with Crippen LogP contribution in [0.25, 0.3) is 46.4 Å². The van der Waals surface area contributed by atoms with Gasteiger partial charge in [0.05, 0.1) is 22.8 Å². The summed E-state index contributed by atoms with van der Waals surface area (Å²) in [6.45, 7) is 40.4. The molecule has 4 nitrogen and oxygen atoms in total. The molecule has 0 aliphatic carbocycles. The Kier molecular flexibility index (Phi) is 185. The third-order valence-electron chi connectivity index (χ3n) is 5.63. The van der Waals surface area contributed by atoms with Crippen molar-refractivity contribution < 1.29 is 22.4 Å². The molecule has 0 saturated heterocycles. The summed E-state index contributed by atoms with van der Waals surface area (Å²) >= 11 is 0. The maximum Gasteiger partial charge on any atom is 0.0654 e. The average molecular weight is 1320 g/mol. The van der Waals surface area contributed by atoms with Gasteiger partial charge in [0.2, 0.25) is 0 Å². The van der Waals surface area contributed by atoms with Crippen molar-refractivity contribution >= 4 is 210 Å². The predicted octanol–water partition coefficient (Wildman–Crippen LogP) is 16.3. The fourth-order valence-electron chi connectivity index (χ4n) is 3.64. The van der Waals surface area contributed by atoms with Crippen LogP contribution in [0.3, 0.4) is 0 Å². The van der Waals surface area contributed by atoms with Crippen molar-refractivity contribution in [2.75, 3.05) is 0 Å². The van der Waals surface area contributed by atoms with Gasteiger partial charge in [0.1, 0.15) is 0 Å². The molecule has 2 aliphatic rings. The Hall–Kier alpha value is 2.29. The molecule has 3 aromatic rings. The van der Waals surface area contributed by atoms with E-state index in [1.165, 1.54) is 0 Å². The van der Waals surface area contributed by atoms with Crippen LogP contribution in [0, 0.1) is 35.1 Å². The fourth-order valence-corrected chi connectivity index (χ4v) is 3.64. The van der Waals surface area contributed by atoms with Crippen molar-refractivity contribution in [3.05, 3.63) is 76.7 Å². The van der Waals surface area contributed by atoms with Crippen LogP contribution in [0.4, 0.5) is 0 Å². The van der Waals surface area contributed by atoms with Crippen LogP contribution in [0.15, 0.2) is 24.3 Å². The van der Waals surface area contributed by atoms with Crippen LogP contribution < -0.4 is 9.97 Å². The second kappa shape index (κ2) is 104. The summed E-state index contributed by atoms with van der Waals surface area (Å²) in [4.78, 5) is 19.4. The van der Waals surface area contributed by atoms with Gasteiger partial charge in [0.25, 0.3) is 0 Å². The number of nitrogens with zero attached hydrogens (tertiary/aromatic N) is 4. The van der Waals surface area contributed by atoms with Crippen molar-refractivity contribution in [1.29, 1.82) is 0 Å². The van der Waals surface area contributed by atoms with Gasteiger partial charge in [-0.05, 0) is 81.2 Å². The van der Waals surface area contributed by atoms with E-state index >= 15 is 0 Å². The molecule has 5 rings (SSSR count). The van der Waals surface area contributed by atoms with E-state index in [-0.39, 0.29) is 84.8 Å². The molecule has 0 saturated carbocycles. The Morgan fingerprint density at radius 1 is 0.500 bits per heavy atom. The second-order valence-electron chi connectivity index (χ2n) is 8.75. The molecule has 19 radical (unpaired) electrons. The molecule has 0 amide bonds. The number of hydrogen-bond acceptors (Lipinski definition) is 2. The van der Waals surface area contributed by atoms with Gasteiger partial charge in [0, 0.05) is 98.4 Å². The minimum atomic E-state index is -0.667. The van der Waals surface area contributed by atoms with Gasteiger partial charge >= 0.3 is 0 Å². The van der Waals surface area contributed by atoms with Crippen molar-refractivity contribution in [2.24, 2.45) is 0 Å². The summed E-state index contributed by atoms with van der Waals surface area (Å²) < 4.78 is 0. The standard InChI is InChI=1S/C24H20N4.8C2H6.4CH4.CH3.Au.B4.B3.B2.B.H6P4.H5P3.H4P2.H3P/c1-13-17-5-7-19(25-17)14(2)21-9-11-23(27-21)16(4)24-12-10-22(28-24)15(3)20-8-6-18(13)26-20;8*1-2;;;;;;;1-4(2)3;1-3-2;1-2;;1-4(2)3;1-3-2;1-2;/h5-12H,1-4H3;8*1-2H3;4*1H4;1H3;;;;;;1-3H2;3H,1-2H2;1-2H2;1H3/q-2;;;;;;;;;;;;;-1;;;;;;;;;. The van der Waals surface area contributed by atoms with Gasteiger partial charge < -0.3 is 17.4 Å². The molecular formula is C45H105AuB10N4P10-3. The Bertz CT molecular complexity index is 1350. The maximum absolute atomic E-state index is 4.84. The first-order valence-electron chi connectivity index (χ1n) is 21.1. The number of hydrogen-bond donors (Lipinski definition) is 0. The Morgan fingerprint density at radius 2 is 0.600 bits per heavy atom. The molecule has 0 N–H and O–H groups in total. The largest absolute Gasteiger partial charge is 0.657 e. The van der Waals surface area contributed by atoms with Crippen LogP contribution in [0.1, 0.15) is 186 Å².